The predicted octanol–water partition coefficient (Wildman–Crippen LogP) is 1.51. The molecule has 2 aromatic rings. The van der Waals surface area contributed by atoms with E-state index in [2.05, 4.69) is 16.9 Å². The summed E-state index contributed by atoms with van der Waals surface area (Å²) in [6.07, 6.45) is 1.21. The Hall–Kier alpha value is -1.55. The van der Waals surface area contributed by atoms with Crippen LogP contribution in [0, 0.1) is 11.8 Å². The number of H-pyrrole nitrogens is 2. The van der Waals surface area contributed by atoms with Gasteiger partial charge in [-0.15, -0.1) is 0 Å². The molecule has 1 aliphatic carbocycles. The molecule has 0 saturated heterocycles. The number of rotatable bonds is 2. The minimum absolute atomic E-state index is 0.0952. The van der Waals surface area contributed by atoms with Gasteiger partial charge in [0.25, 0.3) is 0 Å². The van der Waals surface area contributed by atoms with Crippen molar-refractivity contribution >= 4 is 11.0 Å². The van der Waals surface area contributed by atoms with Crippen molar-refractivity contribution in [2.75, 3.05) is 0 Å². The maximum Gasteiger partial charge on any atom is 0.323 e. The molecule has 1 aromatic heterocycles. The predicted molar refractivity (Wildman–Crippen MR) is 63.1 cm³/mol. The SMILES string of the molecule is CC1CC1C(N)c1ccc2[nH]c(=O)[nH]c2c1. The molecule has 0 aliphatic heterocycles. The topological polar surface area (TPSA) is 74.7 Å². The van der Waals surface area contributed by atoms with E-state index in [1.54, 1.807) is 0 Å². The molecule has 4 heteroatoms. The third kappa shape index (κ3) is 1.46. The van der Waals surface area contributed by atoms with Crippen LogP contribution in [0.2, 0.25) is 0 Å². The maximum atomic E-state index is 11.1. The van der Waals surface area contributed by atoms with E-state index in [0.29, 0.717) is 5.92 Å². The zero-order valence-electron chi connectivity index (χ0n) is 9.16. The minimum Gasteiger partial charge on any atom is -0.324 e. The molecule has 0 bridgehead atoms. The van der Waals surface area contributed by atoms with Crippen LogP contribution in [0.1, 0.15) is 24.9 Å². The molecule has 1 aliphatic rings. The molecule has 3 rings (SSSR count). The monoisotopic (exact) mass is 217 g/mol. The minimum atomic E-state index is -0.166. The normalized spacial score (nSPS) is 25.9. The molecule has 16 heavy (non-hydrogen) atoms. The number of fused-ring (bicyclic) bond motifs is 1. The van der Waals surface area contributed by atoms with Crippen molar-refractivity contribution in [3.8, 4) is 0 Å². The Morgan fingerprint density at radius 3 is 2.75 bits per heavy atom. The van der Waals surface area contributed by atoms with Crippen molar-refractivity contribution in [2.45, 2.75) is 19.4 Å². The number of aromatic amines is 2. The molecule has 0 spiro atoms. The molecule has 1 saturated carbocycles. The fourth-order valence-corrected chi connectivity index (χ4v) is 2.36. The number of nitrogens with two attached hydrogens (primary N) is 1. The van der Waals surface area contributed by atoms with Gasteiger partial charge in [-0.1, -0.05) is 13.0 Å². The van der Waals surface area contributed by atoms with Gasteiger partial charge >= 0.3 is 5.69 Å². The van der Waals surface area contributed by atoms with Gasteiger partial charge in [0.2, 0.25) is 0 Å². The van der Waals surface area contributed by atoms with Crippen LogP contribution in [0.25, 0.3) is 11.0 Å². The summed E-state index contributed by atoms with van der Waals surface area (Å²) < 4.78 is 0. The fourth-order valence-electron chi connectivity index (χ4n) is 2.36. The van der Waals surface area contributed by atoms with E-state index in [-0.39, 0.29) is 11.7 Å². The van der Waals surface area contributed by atoms with Crippen molar-refractivity contribution in [3.05, 3.63) is 34.2 Å². The van der Waals surface area contributed by atoms with Crippen molar-refractivity contribution in [1.29, 1.82) is 0 Å². The highest BCUT2D eigenvalue weighted by molar-refractivity contribution is 5.75. The average molecular weight is 217 g/mol. The first-order valence-corrected chi connectivity index (χ1v) is 5.62. The highest BCUT2D eigenvalue weighted by atomic mass is 16.1. The van der Waals surface area contributed by atoms with Gasteiger partial charge in [-0.3, -0.25) is 0 Å². The number of hydrogen-bond donors (Lipinski definition) is 3. The molecular weight excluding hydrogens is 202 g/mol. The molecule has 84 valence electrons. The molecule has 3 atom stereocenters. The van der Waals surface area contributed by atoms with Gasteiger partial charge in [0.1, 0.15) is 0 Å². The van der Waals surface area contributed by atoms with Gasteiger partial charge in [-0.2, -0.15) is 0 Å². The van der Waals surface area contributed by atoms with Crippen LogP contribution in [0.5, 0.6) is 0 Å². The van der Waals surface area contributed by atoms with Gasteiger partial charge < -0.3 is 15.7 Å². The number of nitrogens with one attached hydrogen (secondary N) is 2. The summed E-state index contributed by atoms with van der Waals surface area (Å²) in [5.41, 5.74) is 8.81. The first-order valence-electron chi connectivity index (χ1n) is 5.62. The molecule has 1 aromatic carbocycles. The molecule has 1 fully saturated rings. The summed E-state index contributed by atoms with van der Waals surface area (Å²) in [6.45, 7) is 2.22. The van der Waals surface area contributed by atoms with Crippen LogP contribution < -0.4 is 11.4 Å². The first kappa shape index (κ1) is 9.66. The van der Waals surface area contributed by atoms with Crippen LogP contribution in [0.15, 0.2) is 23.0 Å². The fraction of sp³-hybridized carbons (Fsp3) is 0.417. The van der Waals surface area contributed by atoms with E-state index < -0.39 is 0 Å². The third-order valence-corrected chi connectivity index (χ3v) is 3.56. The average Bonchev–Trinajstić information content (AvgIpc) is 2.85. The zero-order chi connectivity index (χ0) is 11.3. The smallest absolute Gasteiger partial charge is 0.323 e. The lowest BCUT2D eigenvalue weighted by molar-refractivity contribution is 0.594. The molecule has 3 unspecified atom stereocenters. The summed E-state index contributed by atoms with van der Waals surface area (Å²) in [5.74, 6) is 1.33. The maximum absolute atomic E-state index is 11.1. The summed E-state index contributed by atoms with van der Waals surface area (Å²) >= 11 is 0. The lowest BCUT2D eigenvalue weighted by Gasteiger charge is -2.10. The van der Waals surface area contributed by atoms with Crippen molar-refractivity contribution in [3.63, 3.8) is 0 Å². The second kappa shape index (κ2) is 3.22. The van der Waals surface area contributed by atoms with Gasteiger partial charge in [-0.25, -0.2) is 4.79 Å². The number of imidazole rings is 1. The summed E-state index contributed by atoms with van der Waals surface area (Å²) in [5, 5.41) is 0. The Morgan fingerprint density at radius 2 is 2.06 bits per heavy atom. The Labute approximate surface area is 92.9 Å². The molecule has 4 nitrogen and oxygen atoms in total. The number of aromatic nitrogens is 2. The van der Waals surface area contributed by atoms with Crippen molar-refractivity contribution in [2.24, 2.45) is 17.6 Å². The van der Waals surface area contributed by atoms with E-state index in [1.807, 2.05) is 18.2 Å². The highest BCUT2D eigenvalue weighted by Gasteiger charge is 2.38. The largest absolute Gasteiger partial charge is 0.324 e. The molecular formula is C12H15N3O. The Morgan fingerprint density at radius 1 is 1.38 bits per heavy atom. The highest BCUT2D eigenvalue weighted by Crippen LogP contribution is 2.45. The molecule has 4 N–H and O–H groups in total. The van der Waals surface area contributed by atoms with Crippen molar-refractivity contribution in [1.82, 2.24) is 9.97 Å². The van der Waals surface area contributed by atoms with E-state index >= 15 is 0 Å². The van der Waals surface area contributed by atoms with Crippen LogP contribution in [-0.2, 0) is 0 Å². The van der Waals surface area contributed by atoms with Gasteiger partial charge in [-0.05, 0) is 36.0 Å². The molecule has 0 radical (unpaired) electrons. The van der Waals surface area contributed by atoms with E-state index in [4.69, 9.17) is 5.73 Å². The van der Waals surface area contributed by atoms with Gasteiger partial charge in [0, 0.05) is 6.04 Å². The lowest BCUT2D eigenvalue weighted by Crippen LogP contribution is -2.13. The Balaban J connectivity index is 2.01. The summed E-state index contributed by atoms with van der Waals surface area (Å²) in [6, 6.07) is 5.98. The van der Waals surface area contributed by atoms with E-state index in [0.717, 1.165) is 22.5 Å². The van der Waals surface area contributed by atoms with Gasteiger partial charge in [0.15, 0.2) is 0 Å². The standard InChI is InChI=1S/C12H15N3O/c1-6-4-8(6)11(13)7-2-3-9-10(5-7)15-12(16)14-9/h2-3,5-6,8,11H,4,13H2,1H3,(H2,14,15,16). The van der Waals surface area contributed by atoms with E-state index in [9.17, 15) is 4.79 Å². The third-order valence-electron chi connectivity index (χ3n) is 3.56. The summed E-state index contributed by atoms with van der Waals surface area (Å²) in [4.78, 5) is 16.6. The van der Waals surface area contributed by atoms with Crippen LogP contribution >= 0.6 is 0 Å². The first-order chi connectivity index (χ1) is 7.65. The quantitative estimate of drug-likeness (QED) is 0.713. The Bertz CT molecular complexity index is 583. The van der Waals surface area contributed by atoms with Crippen molar-refractivity contribution < 1.29 is 0 Å². The molecule has 0 amide bonds. The molecule has 1 heterocycles. The van der Waals surface area contributed by atoms with Crippen LogP contribution in [-0.4, -0.2) is 9.97 Å². The van der Waals surface area contributed by atoms with Crippen LogP contribution in [0.4, 0.5) is 0 Å². The second-order valence-corrected chi connectivity index (χ2v) is 4.79. The van der Waals surface area contributed by atoms with Crippen LogP contribution in [0.3, 0.4) is 0 Å². The van der Waals surface area contributed by atoms with E-state index in [1.165, 1.54) is 6.42 Å². The Kier molecular flexibility index (Phi) is 1.94. The number of hydrogen-bond acceptors (Lipinski definition) is 2. The summed E-state index contributed by atoms with van der Waals surface area (Å²) in [7, 11) is 0. The zero-order valence-corrected chi connectivity index (χ0v) is 9.16. The number of benzene rings is 1. The lowest BCUT2D eigenvalue weighted by atomic mass is 10.0. The second-order valence-electron chi connectivity index (χ2n) is 4.79. The van der Waals surface area contributed by atoms with Gasteiger partial charge in [0.05, 0.1) is 11.0 Å².